The summed E-state index contributed by atoms with van der Waals surface area (Å²) in [6, 6.07) is 8.31. The maximum absolute atomic E-state index is 13.0. The first-order chi connectivity index (χ1) is 14.7. The van der Waals surface area contributed by atoms with Crippen LogP contribution in [-0.2, 0) is 5.41 Å². The fraction of sp³-hybridized carbons (Fsp3) is 0.286. The highest BCUT2D eigenvalue weighted by molar-refractivity contribution is 5.95. The largest absolute Gasteiger partial charge is 0.573 e. The van der Waals surface area contributed by atoms with E-state index in [2.05, 4.69) is 24.7 Å². The molecule has 2 aromatic heterocycles. The molecule has 2 heterocycles. The van der Waals surface area contributed by atoms with E-state index in [1.54, 1.807) is 18.2 Å². The van der Waals surface area contributed by atoms with Gasteiger partial charge in [0.15, 0.2) is 17.4 Å². The maximum atomic E-state index is 13.0. The van der Waals surface area contributed by atoms with Crippen molar-refractivity contribution >= 4 is 5.78 Å². The fourth-order valence-corrected chi connectivity index (χ4v) is 3.71. The van der Waals surface area contributed by atoms with E-state index in [0.717, 1.165) is 18.1 Å². The summed E-state index contributed by atoms with van der Waals surface area (Å²) in [5.74, 6) is -0.375. The highest BCUT2D eigenvalue weighted by Gasteiger charge is 2.41. The van der Waals surface area contributed by atoms with Gasteiger partial charge < -0.3 is 9.72 Å². The lowest BCUT2D eigenvalue weighted by Gasteiger charge is -2.42. The molecule has 31 heavy (non-hydrogen) atoms. The van der Waals surface area contributed by atoms with Gasteiger partial charge in [0, 0.05) is 30.3 Å². The zero-order valence-corrected chi connectivity index (χ0v) is 16.1. The molecule has 1 N–H and O–H groups in total. The maximum Gasteiger partial charge on any atom is 0.573 e. The molecule has 0 amide bonds. The number of aromatic amines is 1. The van der Waals surface area contributed by atoms with Crippen LogP contribution in [0.5, 0.6) is 5.75 Å². The summed E-state index contributed by atoms with van der Waals surface area (Å²) >= 11 is 0. The Bertz CT molecular complexity index is 1140. The molecule has 1 aliphatic rings. The van der Waals surface area contributed by atoms with E-state index in [1.807, 2.05) is 0 Å². The van der Waals surface area contributed by atoms with Crippen LogP contribution < -0.4 is 10.3 Å². The average Bonchev–Trinajstić information content (AvgIpc) is 2.70. The number of H-pyrrole nitrogens is 1. The number of carbonyl (C=O) groups excluding carboxylic acids is 1. The molecular formula is C21H17F3N4O3. The number of alkyl halides is 3. The first-order valence-electron chi connectivity index (χ1n) is 9.52. The minimum atomic E-state index is -4.77. The molecule has 0 spiro atoms. The fourth-order valence-electron chi connectivity index (χ4n) is 3.71. The van der Waals surface area contributed by atoms with E-state index in [-0.39, 0.29) is 35.3 Å². The smallest absolute Gasteiger partial charge is 0.406 e. The topological polar surface area (TPSA) is 97.8 Å². The van der Waals surface area contributed by atoms with E-state index in [0.29, 0.717) is 12.8 Å². The summed E-state index contributed by atoms with van der Waals surface area (Å²) in [6.07, 6.45) is 0.598. The molecule has 0 unspecified atom stereocenters. The standard InChI is InChI=1S/C21H17F3N4O3/c22-21(23,24)31-14-5-3-13(4-6-14)20(7-1-8-20)12-16(29)15-11-17(30)28-19(27-15)18-25-9-2-10-26-18/h2-6,9-11H,1,7-8,12H2,(H,27,28,30). The molecule has 0 bridgehead atoms. The van der Waals surface area contributed by atoms with Crippen LogP contribution in [0.1, 0.15) is 41.7 Å². The third kappa shape index (κ3) is 4.62. The molecule has 0 saturated heterocycles. The summed E-state index contributed by atoms with van der Waals surface area (Å²) in [4.78, 5) is 39.8. The van der Waals surface area contributed by atoms with E-state index in [1.165, 1.54) is 24.5 Å². The van der Waals surface area contributed by atoms with Crippen LogP contribution in [0, 0.1) is 0 Å². The van der Waals surface area contributed by atoms with Crippen LogP contribution in [-0.4, -0.2) is 32.1 Å². The lowest BCUT2D eigenvalue weighted by atomic mass is 9.61. The number of hydrogen-bond acceptors (Lipinski definition) is 6. The number of ether oxygens (including phenoxy) is 1. The predicted octanol–water partition coefficient (Wildman–Crippen LogP) is 3.82. The number of nitrogens with zero attached hydrogens (tertiary/aromatic N) is 3. The molecule has 160 valence electrons. The molecule has 4 rings (SSSR count). The number of ketones is 1. The van der Waals surface area contributed by atoms with Gasteiger partial charge in [-0.05, 0) is 36.6 Å². The summed E-state index contributed by atoms with van der Waals surface area (Å²) in [7, 11) is 0. The van der Waals surface area contributed by atoms with Gasteiger partial charge >= 0.3 is 6.36 Å². The summed E-state index contributed by atoms with van der Waals surface area (Å²) in [6.45, 7) is 0. The highest BCUT2D eigenvalue weighted by Crippen LogP contribution is 2.47. The summed E-state index contributed by atoms with van der Waals surface area (Å²) in [5.41, 5.74) is -0.272. The molecule has 10 heteroatoms. The number of benzene rings is 1. The molecule has 1 fully saturated rings. The van der Waals surface area contributed by atoms with Crippen molar-refractivity contribution in [1.29, 1.82) is 0 Å². The van der Waals surface area contributed by atoms with Gasteiger partial charge in [-0.1, -0.05) is 18.6 Å². The normalized spacial score (nSPS) is 15.2. The Labute approximate surface area is 174 Å². The minimum absolute atomic E-state index is 0.00509. The summed E-state index contributed by atoms with van der Waals surface area (Å²) in [5, 5.41) is 0. The van der Waals surface area contributed by atoms with Crippen molar-refractivity contribution in [1.82, 2.24) is 19.9 Å². The zero-order valence-electron chi connectivity index (χ0n) is 16.1. The zero-order chi connectivity index (χ0) is 22.1. The Morgan fingerprint density at radius 2 is 1.81 bits per heavy atom. The minimum Gasteiger partial charge on any atom is -0.406 e. The van der Waals surface area contributed by atoms with Crippen LogP contribution in [0.4, 0.5) is 13.2 Å². The van der Waals surface area contributed by atoms with Crippen LogP contribution in [0.3, 0.4) is 0 Å². The predicted molar refractivity (Wildman–Crippen MR) is 103 cm³/mol. The number of halogens is 3. The second-order valence-electron chi connectivity index (χ2n) is 7.36. The molecule has 3 aromatic rings. The van der Waals surface area contributed by atoms with Crippen molar-refractivity contribution in [3.8, 4) is 17.4 Å². The van der Waals surface area contributed by atoms with Gasteiger partial charge in [-0.2, -0.15) is 0 Å². The molecule has 1 aromatic carbocycles. The number of Topliss-reactive ketones (excluding diaryl/α,β-unsaturated/α-hetero) is 1. The number of nitrogens with one attached hydrogen (secondary N) is 1. The molecule has 0 radical (unpaired) electrons. The van der Waals surface area contributed by atoms with Gasteiger partial charge in [-0.15, -0.1) is 13.2 Å². The Morgan fingerprint density at radius 1 is 1.13 bits per heavy atom. The quantitative estimate of drug-likeness (QED) is 0.597. The SMILES string of the molecule is O=C(CC1(c2ccc(OC(F)(F)F)cc2)CCC1)c1cc(=O)[nH]c(-c2ncccn2)n1. The van der Waals surface area contributed by atoms with Crippen molar-refractivity contribution in [2.75, 3.05) is 0 Å². The van der Waals surface area contributed by atoms with Crippen molar-refractivity contribution in [3.05, 3.63) is 70.4 Å². The van der Waals surface area contributed by atoms with Crippen LogP contribution >= 0.6 is 0 Å². The van der Waals surface area contributed by atoms with Gasteiger partial charge in [-0.25, -0.2) is 15.0 Å². The number of rotatable bonds is 6. The average molecular weight is 430 g/mol. The second-order valence-corrected chi connectivity index (χ2v) is 7.36. The van der Waals surface area contributed by atoms with E-state index in [4.69, 9.17) is 0 Å². The number of aromatic nitrogens is 4. The van der Waals surface area contributed by atoms with Crippen LogP contribution in [0.25, 0.3) is 11.6 Å². The van der Waals surface area contributed by atoms with Gasteiger partial charge in [0.2, 0.25) is 0 Å². The molecular weight excluding hydrogens is 413 g/mol. The lowest BCUT2D eigenvalue weighted by molar-refractivity contribution is -0.274. The third-order valence-electron chi connectivity index (χ3n) is 5.31. The first-order valence-corrected chi connectivity index (χ1v) is 9.52. The number of hydrogen-bond donors (Lipinski definition) is 1. The third-order valence-corrected chi connectivity index (χ3v) is 5.31. The first kappa shape index (κ1) is 20.7. The van der Waals surface area contributed by atoms with E-state index in [9.17, 15) is 22.8 Å². The Kier molecular flexibility index (Phi) is 5.30. The molecule has 7 nitrogen and oxygen atoms in total. The van der Waals surface area contributed by atoms with Crippen molar-refractivity contribution < 1.29 is 22.7 Å². The Morgan fingerprint density at radius 3 is 2.39 bits per heavy atom. The lowest BCUT2D eigenvalue weighted by Crippen LogP contribution is -2.37. The molecule has 1 aliphatic carbocycles. The van der Waals surface area contributed by atoms with Crippen molar-refractivity contribution in [3.63, 3.8) is 0 Å². The Balaban J connectivity index is 1.57. The van der Waals surface area contributed by atoms with E-state index >= 15 is 0 Å². The molecule has 1 saturated carbocycles. The number of carbonyl (C=O) groups is 1. The summed E-state index contributed by atoms with van der Waals surface area (Å²) < 4.78 is 41.1. The van der Waals surface area contributed by atoms with Gasteiger partial charge in [0.25, 0.3) is 5.56 Å². The van der Waals surface area contributed by atoms with Gasteiger partial charge in [0.1, 0.15) is 11.4 Å². The van der Waals surface area contributed by atoms with Crippen molar-refractivity contribution in [2.24, 2.45) is 0 Å². The van der Waals surface area contributed by atoms with E-state index < -0.39 is 17.3 Å². The monoisotopic (exact) mass is 430 g/mol. The Hall–Kier alpha value is -3.56. The molecule has 0 atom stereocenters. The highest BCUT2D eigenvalue weighted by atomic mass is 19.4. The molecule has 0 aliphatic heterocycles. The van der Waals surface area contributed by atoms with Gasteiger partial charge in [0.05, 0.1) is 0 Å². The van der Waals surface area contributed by atoms with Gasteiger partial charge in [-0.3, -0.25) is 9.59 Å². The van der Waals surface area contributed by atoms with Crippen molar-refractivity contribution in [2.45, 2.75) is 37.5 Å². The van der Waals surface area contributed by atoms with Crippen LogP contribution in [0.15, 0.2) is 53.6 Å². The second kappa shape index (κ2) is 7.93. The van der Waals surface area contributed by atoms with Crippen LogP contribution in [0.2, 0.25) is 0 Å².